The summed E-state index contributed by atoms with van der Waals surface area (Å²) in [4.78, 5) is 33.2. The van der Waals surface area contributed by atoms with Crippen LogP contribution < -0.4 is 0 Å². The second-order valence-electron chi connectivity index (χ2n) is 8.25. The zero-order valence-corrected chi connectivity index (χ0v) is 19.4. The van der Waals surface area contributed by atoms with Crippen LogP contribution in [0.5, 0.6) is 0 Å². The number of rotatable bonds is 6. The largest absolute Gasteiger partial charge is 0.457 e. The minimum absolute atomic E-state index is 0.0104. The lowest BCUT2D eigenvalue weighted by molar-refractivity contribution is -0.147. The second kappa shape index (κ2) is 9.48. The summed E-state index contributed by atoms with van der Waals surface area (Å²) in [6.07, 6.45) is 4.09. The molecule has 0 fully saturated rings. The van der Waals surface area contributed by atoms with Crippen LogP contribution in [0.25, 0.3) is 11.3 Å². The van der Waals surface area contributed by atoms with E-state index in [-0.39, 0.29) is 6.42 Å². The summed E-state index contributed by atoms with van der Waals surface area (Å²) in [5, 5.41) is 4.54. The molecule has 0 saturated carbocycles. The van der Waals surface area contributed by atoms with Crippen molar-refractivity contribution in [3.8, 4) is 11.3 Å². The molecule has 0 unspecified atom stereocenters. The lowest BCUT2D eigenvalue weighted by atomic mass is 10.1. The summed E-state index contributed by atoms with van der Waals surface area (Å²) in [5.41, 5.74) is 2.27. The number of hydrogen-bond acceptors (Lipinski definition) is 7. The first kappa shape index (κ1) is 23.4. The number of hydrogen-bond donors (Lipinski definition) is 0. The molecule has 0 radical (unpaired) electrons. The molecule has 32 heavy (non-hydrogen) atoms. The van der Waals surface area contributed by atoms with Crippen LogP contribution >= 0.6 is 11.6 Å². The van der Waals surface area contributed by atoms with Crippen LogP contribution in [0.1, 0.15) is 55.4 Å². The van der Waals surface area contributed by atoms with Crippen LogP contribution in [-0.2, 0) is 27.7 Å². The molecule has 8 nitrogen and oxygen atoms in total. The van der Waals surface area contributed by atoms with Gasteiger partial charge in [-0.15, -0.1) is 0 Å². The molecule has 3 aromatic heterocycles. The lowest BCUT2D eigenvalue weighted by Gasteiger charge is -2.19. The van der Waals surface area contributed by atoms with E-state index in [1.54, 1.807) is 76.1 Å². The molecule has 1 atom stereocenters. The number of halogens is 1. The molecular formula is C23H25ClN4O4. The van der Waals surface area contributed by atoms with Gasteiger partial charge in [-0.3, -0.25) is 14.5 Å². The van der Waals surface area contributed by atoms with Gasteiger partial charge in [0, 0.05) is 30.6 Å². The fourth-order valence-corrected chi connectivity index (χ4v) is 3.31. The molecule has 0 aliphatic heterocycles. The smallest absolute Gasteiger partial charge is 0.340 e. The van der Waals surface area contributed by atoms with E-state index in [4.69, 9.17) is 21.1 Å². The van der Waals surface area contributed by atoms with E-state index < -0.39 is 23.6 Å². The Morgan fingerprint density at radius 1 is 1.16 bits per heavy atom. The maximum absolute atomic E-state index is 12.6. The molecule has 0 bridgehead atoms. The third-order valence-corrected chi connectivity index (χ3v) is 4.90. The first-order valence-electron chi connectivity index (χ1n) is 10.1. The van der Waals surface area contributed by atoms with Gasteiger partial charge < -0.3 is 9.47 Å². The number of aromatic nitrogens is 4. The van der Waals surface area contributed by atoms with Crippen molar-refractivity contribution in [2.24, 2.45) is 7.05 Å². The number of carbonyl (C=O) groups is 2. The average molecular weight is 457 g/mol. The van der Waals surface area contributed by atoms with Crippen molar-refractivity contribution in [2.75, 3.05) is 0 Å². The number of pyridine rings is 2. The van der Waals surface area contributed by atoms with E-state index in [0.717, 1.165) is 0 Å². The summed E-state index contributed by atoms with van der Waals surface area (Å²) >= 11 is 6.09. The van der Waals surface area contributed by atoms with Crippen molar-refractivity contribution in [2.45, 2.75) is 45.8 Å². The van der Waals surface area contributed by atoms with Gasteiger partial charge in [0.25, 0.3) is 0 Å². The number of aryl methyl sites for hydroxylation is 1. The number of ether oxygens (including phenoxy) is 2. The monoisotopic (exact) mass is 456 g/mol. The van der Waals surface area contributed by atoms with Crippen LogP contribution in [-0.4, -0.2) is 37.3 Å². The molecule has 3 aromatic rings. The Labute approximate surface area is 191 Å². The molecule has 3 rings (SSSR count). The van der Waals surface area contributed by atoms with E-state index in [9.17, 15) is 9.59 Å². The maximum atomic E-state index is 12.6. The number of carbonyl (C=O) groups excluding carboxylic acids is 2. The van der Waals surface area contributed by atoms with Crippen LogP contribution in [0, 0.1) is 0 Å². The van der Waals surface area contributed by atoms with Gasteiger partial charge in [0.1, 0.15) is 16.9 Å². The van der Waals surface area contributed by atoms with Gasteiger partial charge in [-0.1, -0.05) is 17.7 Å². The Morgan fingerprint density at radius 2 is 1.91 bits per heavy atom. The van der Waals surface area contributed by atoms with Crippen molar-refractivity contribution in [3.63, 3.8) is 0 Å². The van der Waals surface area contributed by atoms with E-state index in [0.29, 0.717) is 33.2 Å². The van der Waals surface area contributed by atoms with E-state index in [2.05, 4.69) is 15.1 Å². The normalized spacial score (nSPS) is 12.3. The second-order valence-corrected chi connectivity index (χ2v) is 8.61. The van der Waals surface area contributed by atoms with Gasteiger partial charge in [-0.05, 0) is 45.9 Å². The highest BCUT2D eigenvalue weighted by atomic mass is 35.5. The Balaban J connectivity index is 1.74. The van der Waals surface area contributed by atoms with E-state index in [1.165, 1.54) is 6.20 Å². The molecule has 9 heteroatoms. The summed E-state index contributed by atoms with van der Waals surface area (Å²) in [6, 6.07) is 6.83. The average Bonchev–Trinajstić information content (AvgIpc) is 3.07. The predicted molar refractivity (Wildman–Crippen MR) is 119 cm³/mol. The quantitative estimate of drug-likeness (QED) is 0.402. The first-order chi connectivity index (χ1) is 15.0. The van der Waals surface area contributed by atoms with E-state index >= 15 is 0 Å². The summed E-state index contributed by atoms with van der Waals surface area (Å²) in [7, 11) is 1.74. The molecule has 0 aliphatic carbocycles. The number of nitrogens with zero attached hydrogens (tertiary/aromatic N) is 4. The number of esters is 2. The third kappa shape index (κ3) is 5.70. The summed E-state index contributed by atoms with van der Waals surface area (Å²) in [5.74, 6) is -0.887. The third-order valence-electron chi connectivity index (χ3n) is 4.58. The summed E-state index contributed by atoms with van der Waals surface area (Å²) < 4.78 is 12.5. The standard InChI is InChI=1S/C23H25ClN4O4/c1-14(16-7-6-10-25-21(16)24)31-20(29)11-19-17(13-27-28(19)5)18-9-8-15(12-26-18)22(30)32-23(2,3)4/h6-10,12-14H,11H2,1-5H3/t14-/m1/s1. The molecule has 3 heterocycles. The minimum atomic E-state index is -0.593. The van der Waals surface area contributed by atoms with Crippen LogP contribution in [0.15, 0.2) is 42.9 Å². The SMILES string of the molecule is C[C@@H](OC(=O)Cc1c(-c2ccc(C(=O)OC(C)(C)C)cn2)cnn1C)c1cccnc1Cl. The van der Waals surface area contributed by atoms with Gasteiger partial charge >= 0.3 is 11.9 Å². The highest BCUT2D eigenvalue weighted by Gasteiger charge is 2.21. The Morgan fingerprint density at radius 3 is 2.53 bits per heavy atom. The fourth-order valence-electron chi connectivity index (χ4n) is 3.04. The molecule has 168 valence electrons. The zero-order valence-electron chi connectivity index (χ0n) is 18.6. The van der Waals surface area contributed by atoms with Crippen LogP contribution in [0.3, 0.4) is 0 Å². The van der Waals surface area contributed by atoms with Crippen LogP contribution in [0.4, 0.5) is 0 Å². The molecule has 0 spiro atoms. The van der Waals surface area contributed by atoms with E-state index in [1.807, 2.05) is 0 Å². The highest BCUT2D eigenvalue weighted by Crippen LogP contribution is 2.26. The van der Waals surface area contributed by atoms with Crippen molar-refractivity contribution in [3.05, 3.63) is 64.8 Å². The fraction of sp³-hybridized carbons (Fsp3) is 0.348. The lowest BCUT2D eigenvalue weighted by Crippen LogP contribution is -2.23. The topological polar surface area (TPSA) is 96.2 Å². The van der Waals surface area contributed by atoms with Gasteiger partial charge in [0.2, 0.25) is 0 Å². The summed E-state index contributed by atoms with van der Waals surface area (Å²) in [6.45, 7) is 7.15. The zero-order chi connectivity index (χ0) is 23.5. The van der Waals surface area contributed by atoms with Gasteiger partial charge in [0.15, 0.2) is 0 Å². The Hall–Kier alpha value is -3.26. The predicted octanol–water partition coefficient (Wildman–Crippen LogP) is 4.33. The van der Waals surface area contributed by atoms with Gasteiger partial charge in [0.05, 0.1) is 29.6 Å². The molecule has 0 saturated heterocycles. The first-order valence-corrected chi connectivity index (χ1v) is 10.4. The molecule has 0 aliphatic rings. The van der Waals surface area contributed by atoms with Crippen LogP contribution in [0.2, 0.25) is 5.15 Å². The molecule has 0 aromatic carbocycles. The molecule has 0 N–H and O–H groups in total. The minimum Gasteiger partial charge on any atom is -0.457 e. The van der Waals surface area contributed by atoms with Crippen molar-refractivity contribution < 1.29 is 19.1 Å². The highest BCUT2D eigenvalue weighted by molar-refractivity contribution is 6.30. The van der Waals surface area contributed by atoms with Gasteiger partial charge in [-0.2, -0.15) is 5.10 Å². The van der Waals surface area contributed by atoms with Crippen molar-refractivity contribution >= 4 is 23.5 Å². The molecule has 0 amide bonds. The van der Waals surface area contributed by atoms with Crippen molar-refractivity contribution in [1.82, 2.24) is 19.7 Å². The van der Waals surface area contributed by atoms with Crippen molar-refractivity contribution in [1.29, 1.82) is 0 Å². The maximum Gasteiger partial charge on any atom is 0.340 e. The van der Waals surface area contributed by atoms with Gasteiger partial charge in [-0.25, -0.2) is 9.78 Å². The molecular weight excluding hydrogens is 432 g/mol. The Kier molecular flexibility index (Phi) is 6.93. The Bertz CT molecular complexity index is 1120.